The Kier molecular flexibility index (Phi) is 9.68. The summed E-state index contributed by atoms with van der Waals surface area (Å²) in [6, 6.07) is 12.8. The fraction of sp³-hybridized carbons (Fsp3) is 0.500. The third-order valence-corrected chi connectivity index (χ3v) is 8.96. The quantitative estimate of drug-likeness (QED) is 0.297. The van der Waals surface area contributed by atoms with Gasteiger partial charge in [-0.25, -0.2) is 9.78 Å². The second-order valence-electron chi connectivity index (χ2n) is 10.5. The fourth-order valence-electron chi connectivity index (χ4n) is 4.88. The van der Waals surface area contributed by atoms with Crippen molar-refractivity contribution >= 4 is 31.2 Å². The highest BCUT2D eigenvalue weighted by Crippen LogP contribution is 2.49. The first-order valence-electron chi connectivity index (χ1n) is 13.9. The topological polar surface area (TPSA) is 153 Å². The lowest BCUT2D eigenvalue weighted by atomic mass is 10.1. The smallest absolute Gasteiger partial charge is 0.409 e. The van der Waals surface area contributed by atoms with Crippen molar-refractivity contribution in [2.45, 2.75) is 44.8 Å². The number of hydrogen-bond donors (Lipinski definition) is 3. The van der Waals surface area contributed by atoms with E-state index in [9.17, 15) is 28.7 Å². The molecule has 1 aromatic heterocycles. The van der Waals surface area contributed by atoms with Crippen LogP contribution in [-0.4, -0.2) is 93.6 Å². The summed E-state index contributed by atoms with van der Waals surface area (Å²) in [5.41, 5.74) is 2.03. The van der Waals surface area contributed by atoms with Crippen LogP contribution in [0, 0.1) is 0 Å². The number of nitrogens with zero attached hydrogens (tertiary/aromatic N) is 4. The van der Waals surface area contributed by atoms with E-state index in [0.29, 0.717) is 12.3 Å². The summed E-state index contributed by atoms with van der Waals surface area (Å²) in [5, 5.41) is -0.204. The third-order valence-electron chi connectivity index (χ3n) is 7.49. The van der Waals surface area contributed by atoms with Gasteiger partial charge in [-0.2, -0.15) is 0 Å². The van der Waals surface area contributed by atoms with Gasteiger partial charge in [-0.1, -0.05) is 43.7 Å². The van der Waals surface area contributed by atoms with Crippen molar-refractivity contribution in [2.24, 2.45) is 0 Å². The largest absolute Gasteiger partial charge is 0.449 e. The van der Waals surface area contributed by atoms with Gasteiger partial charge < -0.3 is 34.5 Å². The van der Waals surface area contributed by atoms with Crippen LogP contribution >= 0.6 is 7.60 Å². The number of unbranched alkanes of at least 4 members (excludes halogenated alkanes) is 1. The normalized spacial score (nSPS) is 17.2. The summed E-state index contributed by atoms with van der Waals surface area (Å²) in [5.74, 6) is -1.81. The molecule has 1 atom stereocenters. The molecule has 1 aromatic carbocycles. The van der Waals surface area contributed by atoms with E-state index in [1.54, 1.807) is 6.07 Å². The second-order valence-corrected chi connectivity index (χ2v) is 12.5. The van der Waals surface area contributed by atoms with E-state index in [1.807, 2.05) is 43.3 Å². The number of rotatable bonds is 9. The highest BCUT2D eigenvalue weighted by molar-refractivity contribution is 7.54. The maximum atomic E-state index is 13.5. The van der Waals surface area contributed by atoms with Gasteiger partial charge in [0.1, 0.15) is 5.69 Å². The maximum Gasteiger partial charge on any atom is 0.409 e. The van der Waals surface area contributed by atoms with E-state index in [2.05, 4.69) is 15.2 Å². The Morgan fingerprint density at radius 2 is 1.63 bits per heavy atom. The van der Waals surface area contributed by atoms with E-state index >= 15 is 0 Å². The van der Waals surface area contributed by atoms with Gasteiger partial charge in [0.05, 0.1) is 12.3 Å². The Morgan fingerprint density at radius 1 is 1.00 bits per heavy atom. The summed E-state index contributed by atoms with van der Waals surface area (Å²) in [7, 11) is -5.21. The molecule has 0 saturated carbocycles. The van der Waals surface area contributed by atoms with Crippen LogP contribution in [0.3, 0.4) is 0 Å². The molecule has 2 aliphatic rings. The summed E-state index contributed by atoms with van der Waals surface area (Å²) in [6.45, 7) is 5.30. The SMILES string of the molecule is CCCCOC(=O)N1CCN(C(=O)[C@@](C)(NC(=O)c2cc(N3CCCC3)cc(-c3ccccc3)n2)P(=O)(O)O)CC1. The molecular formula is C28H38N5O7P. The highest BCUT2D eigenvalue weighted by atomic mass is 31.2. The van der Waals surface area contributed by atoms with Gasteiger partial charge in [0.15, 0.2) is 0 Å². The van der Waals surface area contributed by atoms with Crippen molar-refractivity contribution in [3.63, 3.8) is 0 Å². The van der Waals surface area contributed by atoms with Crippen LogP contribution in [0.1, 0.15) is 50.0 Å². The summed E-state index contributed by atoms with van der Waals surface area (Å²) < 4.78 is 17.9. The number of carbonyl (C=O) groups excluding carboxylic acids is 3. The first-order valence-corrected chi connectivity index (χ1v) is 15.6. The molecule has 12 nitrogen and oxygen atoms in total. The highest BCUT2D eigenvalue weighted by Gasteiger charge is 2.53. The van der Waals surface area contributed by atoms with Crippen molar-refractivity contribution in [1.29, 1.82) is 0 Å². The monoisotopic (exact) mass is 587 g/mol. The molecular weight excluding hydrogens is 549 g/mol. The summed E-state index contributed by atoms with van der Waals surface area (Å²) >= 11 is 0. The first kappa shape index (κ1) is 30.5. The molecule has 2 aliphatic heterocycles. The summed E-state index contributed by atoms with van der Waals surface area (Å²) in [6.07, 6.45) is 3.16. The minimum absolute atomic E-state index is 0.0357. The molecule has 2 aromatic rings. The summed E-state index contributed by atoms with van der Waals surface area (Å²) in [4.78, 5) is 69.3. The lowest BCUT2D eigenvalue weighted by Gasteiger charge is -2.39. The van der Waals surface area contributed by atoms with Crippen molar-refractivity contribution in [1.82, 2.24) is 20.1 Å². The molecule has 4 rings (SSSR count). The number of carbonyl (C=O) groups is 3. The van der Waals surface area contributed by atoms with Crippen molar-refractivity contribution < 1.29 is 33.5 Å². The molecule has 0 aliphatic carbocycles. The number of benzene rings is 1. The molecule has 222 valence electrons. The van der Waals surface area contributed by atoms with E-state index in [-0.39, 0.29) is 31.9 Å². The Hall–Kier alpha value is -3.47. The predicted molar refractivity (Wildman–Crippen MR) is 153 cm³/mol. The lowest BCUT2D eigenvalue weighted by Crippen LogP contribution is -2.61. The van der Waals surface area contributed by atoms with Crippen LogP contribution in [-0.2, 0) is 14.1 Å². The number of pyridine rings is 1. The van der Waals surface area contributed by atoms with Crippen molar-refractivity contribution in [3.8, 4) is 11.3 Å². The van der Waals surface area contributed by atoms with E-state index < -0.39 is 30.8 Å². The number of anilines is 1. The van der Waals surface area contributed by atoms with Gasteiger partial charge in [-0.3, -0.25) is 14.2 Å². The molecule has 3 N–H and O–H groups in total. The van der Waals surface area contributed by atoms with Crippen LogP contribution in [0.25, 0.3) is 11.3 Å². The minimum Gasteiger partial charge on any atom is -0.449 e. The van der Waals surface area contributed by atoms with Crippen LogP contribution in [0.4, 0.5) is 10.5 Å². The average molecular weight is 588 g/mol. The second kappa shape index (κ2) is 13.0. The van der Waals surface area contributed by atoms with Crippen LogP contribution in [0.5, 0.6) is 0 Å². The van der Waals surface area contributed by atoms with E-state index in [0.717, 1.165) is 56.9 Å². The molecule has 2 saturated heterocycles. The minimum atomic E-state index is -5.21. The van der Waals surface area contributed by atoms with Gasteiger partial charge in [0.2, 0.25) is 5.28 Å². The van der Waals surface area contributed by atoms with E-state index in [4.69, 9.17) is 4.74 Å². The Labute approximate surface area is 239 Å². The zero-order chi connectivity index (χ0) is 29.6. The molecule has 2 fully saturated rings. The Morgan fingerprint density at radius 3 is 2.24 bits per heavy atom. The molecule has 13 heteroatoms. The van der Waals surface area contributed by atoms with Crippen molar-refractivity contribution in [2.75, 3.05) is 50.8 Å². The fourth-order valence-corrected chi connectivity index (χ4v) is 5.52. The average Bonchev–Trinajstić information content (AvgIpc) is 3.52. The molecule has 0 unspecified atom stereocenters. The number of ether oxygens (including phenoxy) is 1. The van der Waals surface area contributed by atoms with Gasteiger partial charge in [0.25, 0.3) is 11.8 Å². The number of aromatic nitrogens is 1. The van der Waals surface area contributed by atoms with Gasteiger partial charge in [-0.05, 0) is 38.3 Å². The third kappa shape index (κ3) is 7.06. The standard InChI is InChI=1S/C28H38N5O7P/c1-3-4-18-40-27(36)33-16-14-32(15-17-33)26(35)28(2,41(37,38)39)30-25(34)24-20-22(31-12-8-9-13-31)19-23(29-24)21-10-6-5-7-11-21/h5-7,10-11,19-20H,3-4,8-9,12-18H2,1-2H3,(H,30,34)(H2,37,38,39)/t28-/m0/s1. The number of amides is 3. The maximum absolute atomic E-state index is 13.5. The van der Waals surface area contributed by atoms with E-state index in [1.165, 1.54) is 9.80 Å². The van der Waals surface area contributed by atoms with Crippen LogP contribution in [0.2, 0.25) is 0 Å². The van der Waals surface area contributed by atoms with Gasteiger partial charge >= 0.3 is 13.7 Å². The van der Waals surface area contributed by atoms with Crippen molar-refractivity contribution in [3.05, 3.63) is 48.2 Å². The van der Waals surface area contributed by atoms with Gasteiger partial charge in [-0.15, -0.1) is 0 Å². The molecule has 3 heterocycles. The molecule has 0 radical (unpaired) electrons. The molecule has 0 bridgehead atoms. The number of hydrogen-bond acceptors (Lipinski definition) is 7. The first-order chi connectivity index (χ1) is 19.5. The zero-order valence-corrected chi connectivity index (χ0v) is 24.4. The predicted octanol–water partition coefficient (Wildman–Crippen LogP) is 3.05. The molecule has 3 amide bonds. The zero-order valence-electron chi connectivity index (χ0n) is 23.5. The van der Waals surface area contributed by atoms with Crippen LogP contribution < -0.4 is 10.2 Å². The Balaban J connectivity index is 1.54. The molecule has 0 spiro atoms. The lowest BCUT2D eigenvalue weighted by molar-refractivity contribution is -0.136. The Bertz CT molecular complexity index is 1290. The molecule has 41 heavy (non-hydrogen) atoms. The number of piperazine rings is 1. The van der Waals surface area contributed by atoms with Crippen LogP contribution in [0.15, 0.2) is 42.5 Å². The van der Waals surface area contributed by atoms with Gasteiger partial charge in [0, 0.05) is 50.5 Å². The number of nitrogens with one attached hydrogen (secondary N) is 1.